The number of benzene rings is 2. The molecule has 1 N–H and O–H groups in total. The number of hydrogen-bond donors (Lipinski definition) is 1. The topological polar surface area (TPSA) is 24.5 Å². The molecule has 0 saturated carbocycles. The molecular formula is C20H26ClFN2O. The predicted octanol–water partition coefficient (Wildman–Crippen LogP) is 3.99. The van der Waals surface area contributed by atoms with Crippen LogP contribution >= 0.6 is 12.4 Å². The van der Waals surface area contributed by atoms with Crippen molar-refractivity contribution in [3.8, 4) is 5.75 Å². The number of nitrogens with one attached hydrogen (secondary N) is 1. The fourth-order valence-electron chi connectivity index (χ4n) is 3.18. The van der Waals surface area contributed by atoms with Gasteiger partial charge in [-0.15, -0.1) is 12.4 Å². The van der Waals surface area contributed by atoms with E-state index in [1.54, 1.807) is 0 Å². The van der Waals surface area contributed by atoms with Gasteiger partial charge in [0.2, 0.25) is 0 Å². The molecule has 2 aromatic carbocycles. The monoisotopic (exact) mass is 364 g/mol. The third-order valence-corrected chi connectivity index (χ3v) is 4.49. The number of ether oxygens (including phenoxy) is 1. The van der Waals surface area contributed by atoms with E-state index in [0.717, 1.165) is 37.5 Å². The fourth-order valence-corrected chi connectivity index (χ4v) is 3.18. The summed E-state index contributed by atoms with van der Waals surface area (Å²) in [5.74, 6) is 0.849. The second-order valence-corrected chi connectivity index (χ2v) is 6.12. The van der Waals surface area contributed by atoms with Crippen LogP contribution in [0.4, 0.5) is 4.39 Å². The lowest BCUT2D eigenvalue weighted by Gasteiger charge is -2.35. The Bertz CT molecular complexity index is 603. The van der Waals surface area contributed by atoms with Crippen molar-refractivity contribution in [1.29, 1.82) is 0 Å². The largest absolute Gasteiger partial charge is 0.489 e. The fraction of sp³-hybridized carbons (Fsp3) is 0.400. The zero-order chi connectivity index (χ0) is 16.6. The smallest absolute Gasteiger partial charge is 0.119 e. The first kappa shape index (κ1) is 19.7. The Hall–Kier alpha value is -1.62. The number of halogens is 2. The highest BCUT2D eigenvalue weighted by atomic mass is 35.5. The maximum absolute atomic E-state index is 13.0. The minimum absolute atomic E-state index is 0. The Labute approximate surface area is 155 Å². The summed E-state index contributed by atoms with van der Waals surface area (Å²) in [7, 11) is 0. The van der Waals surface area contributed by atoms with Crippen molar-refractivity contribution in [2.45, 2.75) is 19.1 Å². The Morgan fingerprint density at radius 3 is 2.32 bits per heavy atom. The summed E-state index contributed by atoms with van der Waals surface area (Å²) in [6, 6.07) is 18.4. The molecule has 0 unspecified atom stereocenters. The van der Waals surface area contributed by atoms with Crippen LogP contribution in [0.5, 0.6) is 5.75 Å². The molecule has 1 heterocycles. The van der Waals surface area contributed by atoms with Gasteiger partial charge in [0.15, 0.2) is 0 Å². The van der Waals surface area contributed by atoms with E-state index < -0.39 is 0 Å². The normalized spacial score (nSPS) is 16.0. The summed E-state index contributed by atoms with van der Waals surface area (Å²) >= 11 is 0. The Kier molecular flexibility index (Phi) is 8.19. The first-order valence-corrected chi connectivity index (χ1v) is 8.64. The van der Waals surface area contributed by atoms with Gasteiger partial charge < -0.3 is 10.1 Å². The standard InChI is InChI=1S/C20H25FN2O.ClH/c21-11-10-20(23-14-12-22-13-15-23)18-6-8-19(9-7-18)24-16-17-4-2-1-3-5-17;/h1-9,20,22H,10-16H2;1H/t20-;/m1./s1. The van der Waals surface area contributed by atoms with E-state index in [9.17, 15) is 4.39 Å². The number of hydrogen-bond acceptors (Lipinski definition) is 3. The van der Waals surface area contributed by atoms with Gasteiger partial charge in [-0.3, -0.25) is 9.29 Å². The summed E-state index contributed by atoms with van der Waals surface area (Å²) in [5, 5.41) is 3.35. The number of nitrogens with zero attached hydrogens (tertiary/aromatic N) is 1. The van der Waals surface area contributed by atoms with Gasteiger partial charge in [0.1, 0.15) is 12.4 Å². The molecule has 0 bridgehead atoms. The highest BCUT2D eigenvalue weighted by Gasteiger charge is 2.21. The molecule has 1 saturated heterocycles. The summed E-state index contributed by atoms with van der Waals surface area (Å²) in [6.07, 6.45) is 0.546. The van der Waals surface area contributed by atoms with Crippen LogP contribution in [0.2, 0.25) is 0 Å². The highest BCUT2D eigenvalue weighted by Crippen LogP contribution is 2.27. The SMILES string of the molecule is Cl.FCC[C@H](c1ccc(OCc2ccccc2)cc1)N1CCNCC1. The van der Waals surface area contributed by atoms with Gasteiger partial charge >= 0.3 is 0 Å². The Morgan fingerprint density at radius 1 is 1.00 bits per heavy atom. The zero-order valence-corrected chi connectivity index (χ0v) is 15.2. The van der Waals surface area contributed by atoms with Crippen LogP contribution in [-0.2, 0) is 6.61 Å². The molecule has 2 aromatic rings. The van der Waals surface area contributed by atoms with Crippen LogP contribution in [0.15, 0.2) is 54.6 Å². The first-order valence-electron chi connectivity index (χ1n) is 8.64. The molecular weight excluding hydrogens is 339 g/mol. The third kappa shape index (κ3) is 5.70. The molecule has 0 radical (unpaired) electrons. The van der Waals surface area contributed by atoms with E-state index in [2.05, 4.69) is 34.5 Å². The lowest BCUT2D eigenvalue weighted by molar-refractivity contribution is 0.157. The van der Waals surface area contributed by atoms with E-state index >= 15 is 0 Å². The zero-order valence-electron chi connectivity index (χ0n) is 14.4. The minimum atomic E-state index is -0.291. The van der Waals surface area contributed by atoms with E-state index in [1.807, 2.05) is 30.3 Å². The number of alkyl halides is 1. The van der Waals surface area contributed by atoms with Crippen molar-refractivity contribution in [3.63, 3.8) is 0 Å². The quantitative estimate of drug-likeness (QED) is 0.803. The van der Waals surface area contributed by atoms with Crippen molar-refractivity contribution in [1.82, 2.24) is 10.2 Å². The lowest BCUT2D eigenvalue weighted by Crippen LogP contribution is -2.45. The van der Waals surface area contributed by atoms with E-state index in [-0.39, 0.29) is 25.1 Å². The molecule has 3 nitrogen and oxygen atoms in total. The summed E-state index contributed by atoms with van der Waals surface area (Å²) in [4.78, 5) is 2.37. The molecule has 5 heteroatoms. The van der Waals surface area contributed by atoms with Crippen molar-refractivity contribution < 1.29 is 9.13 Å². The van der Waals surface area contributed by atoms with Crippen molar-refractivity contribution >= 4 is 12.4 Å². The Morgan fingerprint density at radius 2 is 1.68 bits per heavy atom. The van der Waals surface area contributed by atoms with Crippen LogP contribution < -0.4 is 10.1 Å². The van der Waals surface area contributed by atoms with Gasteiger partial charge in [-0.05, 0) is 29.7 Å². The number of rotatable bonds is 7. The van der Waals surface area contributed by atoms with Gasteiger partial charge in [-0.25, -0.2) is 0 Å². The van der Waals surface area contributed by atoms with Crippen molar-refractivity contribution in [2.75, 3.05) is 32.9 Å². The molecule has 0 amide bonds. The van der Waals surface area contributed by atoms with Crippen molar-refractivity contribution in [3.05, 3.63) is 65.7 Å². The predicted molar refractivity (Wildman–Crippen MR) is 102 cm³/mol. The van der Waals surface area contributed by atoms with E-state index in [1.165, 1.54) is 5.56 Å². The average Bonchev–Trinajstić information content (AvgIpc) is 2.66. The van der Waals surface area contributed by atoms with Crippen molar-refractivity contribution in [2.24, 2.45) is 0 Å². The minimum Gasteiger partial charge on any atom is -0.489 e. The van der Waals surface area contributed by atoms with Gasteiger partial charge in [-0.1, -0.05) is 42.5 Å². The summed E-state index contributed by atoms with van der Waals surface area (Å²) < 4.78 is 18.8. The molecule has 1 atom stereocenters. The second-order valence-electron chi connectivity index (χ2n) is 6.12. The highest BCUT2D eigenvalue weighted by molar-refractivity contribution is 5.85. The maximum Gasteiger partial charge on any atom is 0.119 e. The number of piperazine rings is 1. The lowest BCUT2D eigenvalue weighted by atomic mass is 10.0. The van der Waals surface area contributed by atoms with Crippen LogP contribution in [0, 0.1) is 0 Å². The van der Waals surface area contributed by atoms with E-state index in [0.29, 0.717) is 13.0 Å². The molecule has 0 aliphatic carbocycles. The van der Waals surface area contributed by atoms with Gasteiger partial charge in [0.25, 0.3) is 0 Å². The molecule has 136 valence electrons. The maximum atomic E-state index is 13.0. The van der Waals surface area contributed by atoms with Crippen LogP contribution in [0.25, 0.3) is 0 Å². The summed E-state index contributed by atoms with van der Waals surface area (Å²) in [5.41, 5.74) is 2.32. The summed E-state index contributed by atoms with van der Waals surface area (Å²) in [6.45, 7) is 4.16. The van der Waals surface area contributed by atoms with Gasteiger partial charge in [0.05, 0.1) is 6.67 Å². The van der Waals surface area contributed by atoms with Gasteiger partial charge in [-0.2, -0.15) is 0 Å². The molecule has 0 aromatic heterocycles. The van der Waals surface area contributed by atoms with Crippen LogP contribution in [0.1, 0.15) is 23.6 Å². The molecule has 25 heavy (non-hydrogen) atoms. The second kappa shape index (κ2) is 10.4. The Balaban J connectivity index is 0.00000225. The molecule has 1 fully saturated rings. The van der Waals surface area contributed by atoms with Crippen LogP contribution in [-0.4, -0.2) is 37.8 Å². The van der Waals surface area contributed by atoms with E-state index in [4.69, 9.17) is 4.74 Å². The third-order valence-electron chi connectivity index (χ3n) is 4.49. The molecule has 3 rings (SSSR count). The first-order chi connectivity index (χ1) is 11.9. The average molecular weight is 365 g/mol. The molecule has 1 aliphatic rings. The van der Waals surface area contributed by atoms with Gasteiger partial charge in [0, 0.05) is 32.2 Å². The molecule has 1 aliphatic heterocycles. The van der Waals surface area contributed by atoms with Crippen LogP contribution in [0.3, 0.4) is 0 Å². The molecule has 0 spiro atoms.